The number of piperazine rings is 1. The number of rotatable bonds is 6. The number of aromatic nitrogens is 1. The molecule has 0 bridgehead atoms. The number of likely N-dealkylation sites (N-methyl/N-ethyl adjacent to an activating group) is 1. The van der Waals surface area contributed by atoms with Gasteiger partial charge in [0.05, 0.1) is 10.7 Å². The molecule has 1 aliphatic heterocycles. The van der Waals surface area contributed by atoms with Crippen LogP contribution >= 0.6 is 11.3 Å². The van der Waals surface area contributed by atoms with Crippen molar-refractivity contribution in [3.63, 3.8) is 0 Å². The highest BCUT2D eigenvalue weighted by atomic mass is 32.1. The lowest BCUT2D eigenvalue weighted by atomic mass is 10.2. The molecule has 1 aromatic heterocycles. The average Bonchev–Trinajstić information content (AvgIpc) is 2.83. The SMILES string of the molecule is Cc1nc(C(C)NCCCN2CCN(C)CC2)cs1. The Kier molecular flexibility index (Phi) is 5.76. The molecule has 0 radical (unpaired) electrons. The van der Waals surface area contributed by atoms with Crippen LogP contribution in [-0.4, -0.2) is 61.1 Å². The quantitative estimate of drug-likeness (QED) is 0.805. The maximum absolute atomic E-state index is 4.53. The maximum atomic E-state index is 4.53. The summed E-state index contributed by atoms with van der Waals surface area (Å²) in [5.41, 5.74) is 1.18. The molecular formula is C14H26N4S. The van der Waals surface area contributed by atoms with Crippen LogP contribution in [0.15, 0.2) is 5.38 Å². The first-order valence-electron chi connectivity index (χ1n) is 7.21. The summed E-state index contributed by atoms with van der Waals surface area (Å²) in [5.74, 6) is 0. The molecule has 4 nitrogen and oxygen atoms in total. The van der Waals surface area contributed by atoms with Gasteiger partial charge in [-0.1, -0.05) is 0 Å². The molecule has 0 spiro atoms. The molecule has 0 amide bonds. The Morgan fingerprint density at radius 3 is 2.74 bits per heavy atom. The number of nitrogens with zero attached hydrogens (tertiary/aromatic N) is 3. The zero-order chi connectivity index (χ0) is 13.7. The number of hydrogen-bond donors (Lipinski definition) is 1. The Bertz CT molecular complexity index is 371. The fourth-order valence-corrected chi connectivity index (χ4v) is 3.08. The molecule has 1 aliphatic rings. The molecule has 0 saturated carbocycles. The van der Waals surface area contributed by atoms with Crippen LogP contribution in [0.2, 0.25) is 0 Å². The lowest BCUT2D eigenvalue weighted by Gasteiger charge is -2.32. The summed E-state index contributed by atoms with van der Waals surface area (Å²) in [6.07, 6.45) is 1.22. The second-order valence-electron chi connectivity index (χ2n) is 5.47. The first kappa shape index (κ1) is 14.9. The van der Waals surface area contributed by atoms with Crippen molar-refractivity contribution in [2.75, 3.05) is 46.3 Å². The van der Waals surface area contributed by atoms with Gasteiger partial charge in [0.15, 0.2) is 0 Å². The lowest BCUT2D eigenvalue weighted by Crippen LogP contribution is -2.45. The van der Waals surface area contributed by atoms with Gasteiger partial charge in [-0.25, -0.2) is 4.98 Å². The first-order valence-corrected chi connectivity index (χ1v) is 8.09. The van der Waals surface area contributed by atoms with Crippen molar-refractivity contribution in [1.82, 2.24) is 20.1 Å². The van der Waals surface area contributed by atoms with Gasteiger partial charge in [0.25, 0.3) is 0 Å². The zero-order valence-corrected chi connectivity index (χ0v) is 13.2. The molecule has 108 valence electrons. The highest BCUT2D eigenvalue weighted by molar-refractivity contribution is 7.09. The molecule has 1 fully saturated rings. The third kappa shape index (κ3) is 4.84. The van der Waals surface area contributed by atoms with E-state index in [2.05, 4.69) is 46.4 Å². The Morgan fingerprint density at radius 2 is 2.11 bits per heavy atom. The predicted molar refractivity (Wildman–Crippen MR) is 81.8 cm³/mol. The second kappa shape index (κ2) is 7.33. The molecule has 2 rings (SSSR count). The topological polar surface area (TPSA) is 31.4 Å². The van der Waals surface area contributed by atoms with E-state index in [0.717, 1.165) is 11.6 Å². The summed E-state index contributed by atoms with van der Waals surface area (Å²) in [6, 6.07) is 0.373. The third-order valence-electron chi connectivity index (χ3n) is 3.78. The molecule has 1 aromatic rings. The van der Waals surface area contributed by atoms with Crippen LogP contribution in [0.5, 0.6) is 0 Å². The van der Waals surface area contributed by atoms with Gasteiger partial charge in [-0.2, -0.15) is 0 Å². The zero-order valence-electron chi connectivity index (χ0n) is 12.4. The second-order valence-corrected chi connectivity index (χ2v) is 6.53. The number of aryl methyl sites for hydroxylation is 1. The molecule has 0 aliphatic carbocycles. The van der Waals surface area contributed by atoms with Crippen molar-refractivity contribution >= 4 is 11.3 Å². The Balaban J connectivity index is 1.59. The van der Waals surface area contributed by atoms with E-state index >= 15 is 0 Å². The normalized spacial score (nSPS) is 19.7. The molecule has 0 aromatic carbocycles. The van der Waals surface area contributed by atoms with Crippen LogP contribution in [-0.2, 0) is 0 Å². The Hall–Kier alpha value is -0.490. The van der Waals surface area contributed by atoms with Gasteiger partial charge in [0.1, 0.15) is 0 Å². The summed E-state index contributed by atoms with van der Waals surface area (Å²) in [7, 11) is 2.20. The molecular weight excluding hydrogens is 256 g/mol. The van der Waals surface area contributed by atoms with Gasteiger partial charge in [0, 0.05) is 37.6 Å². The standard InChI is InChI=1S/C14H26N4S/c1-12(14-11-19-13(2)16-14)15-5-4-6-18-9-7-17(3)8-10-18/h11-12,15H,4-10H2,1-3H3. The molecule has 19 heavy (non-hydrogen) atoms. The van der Waals surface area contributed by atoms with Crippen LogP contribution in [0.3, 0.4) is 0 Å². The summed E-state index contributed by atoms with van der Waals surface area (Å²) in [4.78, 5) is 9.50. The van der Waals surface area contributed by atoms with E-state index in [-0.39, 0.29) is 0 Å². The first-order chi connectivity index (χ1) is 9.15. The van der Waals surface area contributed by atoms with Gasteiger partial charge in [-0.15, -0.1) is 11.3 Å². The Labute approximate surface area is 120 Å². The van der Waals surface area contributed by atoms with Crippen molar-refractivity contribution in [2.24, 2.45) is 0 Å². The minimum Gasteiger partial charge on any atom is -0.309 e. The van der Waals surface area contributed by atoms with E-state index in [9.17, 15) is 0 Å². The monoisotopic (exact) mass is 282 g/mol. The van der Waals surface area contributed by atoms with Crippen LogP contribution in [0.25, 0.3) is 0 Å². The minimum atomic E-state index is 0.373. The van der Waals surface area contributed by atoms with E-state index in [1.54, 1.807) is 11.3 Å². The van der Waals surface area contributed by atoms with Gasteiger partial charge < -0.3 is 15.1 Å². The molecule has 1 N–H and O–H groups in total. The fraction of sp³-hybridized carbons (Fsp3) is 0.786. The smallest absolute Gasteiger partial charge is 0.0898 e. The summed E-state index contributed by atoms with van der Waals surface area (Å²) >= 11 is 1.73. The number of thiazole rings is 1. The van der Waals surface area contributed by atoms with Gasteiger partial charge in [0.2, 0.25) is 0 Å². The van der Waals surface area contributed by atoms with Gasteiger partial charge in [-0.3, -0.25) is 0 Å². The fourth-order valence-electron chi connectivity index (χ4n) is 2.38. The van der Waals surface area contributed by atoms with E-state index in [1.165, 1.54) is 44.8 Å². The van der Waals surface area contributed by atoms with Crippen LogP contribution < -0.4 is 5.32 Å². The minimum absolute atomic E-state index is 0.373. The molecule has 1 saturated heterocycles. The molecule has 1 unspecified atom stereocenters. The van der Waals surface area contributed by atoms with Crippen LogP contribution in [0.4, 0.5) is 0 Å². The van der Waals surface area contributed by atoms with E-state index in [1.807, 2.05) is 0 Å². The molecule has 2 heterocycles. The largest absolute Gasteiger partial charge is 0.309 e. The predicted octanol–water partition coefficient (Wildman–Crippen LogP) is 1.74. The van der Waals surface area contributed by atoms with E-state index in [4.69, 9.17) is 0 Å². The van der Waals surface area contributed by atoms with Crippen LogP contribution in [0.1, 0.15) is 30.1 Å². The summed E-state index contributed by atoms with van der Waals surface area (Å²) in [6.45, 7) is 11.4. The van der Waals surface area contributed by atoms with Crippen molar-refractivity contribution in [1.29, 1.82) is 0 Å². The van der Waals surface area contributed by atoms with Crippen molar-refractivity contribution in [3.05, 3.63) is 16.1 Å². The highest BCUT2D eigenvalue weighted by Gasteiger charge is 2.13. The van der Waals surface area contributed by atoms with Gasteiger partial charge >= 0.3 is 0 Å². The van der Waals surface area contributed by atoms with Gasteiger partial charge in [-0.05, 0) is 40.4 Å². The number of hydrogen-bond acceptors (Lipinski definition) is 5. The van der Waals surface area contributed by atoms with E-state index < -0.39 is 0 Å². The number of nitrogens with one attached hydrogen (secondary N) is 1. The van der Waals surface area contributed by atoms with Crippen molar-refractivity contribution < 1.29 is 0 Å². The van der Waals surface area contributed by atoms with Crippen LogP contribution in [0, 0.1) is 6.92 Å². The maximum Gasteiger partial charge on any atom is 0.0898 e. The molecule has 1 atom stereocenters. The summed E-state index contributed by atoms with van der Waals surface area (Å²) < 4.78 is 0. The van der Waals surface area contributed by atoms with E-state index in [0.29, 0.717) is 6.04 Å². The van der Waals surface area contributed by atoms with Crippen molar-refractivity contribution in [3.8, 4) is 0 Å². The molecule has 5 heteroatoms. The van der Waals surface area contributed by atoms with Crippen molar-refractivity contribution in [2.45, 2.75) is 26.3 Å². The average molecular weight is 282 g/mol. The third-order valence-corrected chi connectivity index (χ3v) is 4.57. The lowest BCUT2D eigenvalue weighted by molar-refractivity contribution is 0.152. The Morgan fingerprint density at radius 1 is 1.37 bits per heavy atom. The summed E-state index contributed by atoms with van der Waals surface area (Å²) in [5, 5.41) is 6.88. The highest BCUT2D eigenvalue weighted by Crippen LogP contribution is 2.15.